The molecule has 0 fully saturated rings. The van der Waals surface area contributed by atoms with Crippen molar-refractivity contribution in [2.45, 2.75) is 12.8 Å². The molecule has 6 nitrogen and oxygen atoms in total. The van der Waals surface area contributed by atoms with E-state index in [-0.39, 0.29) is 17.8 Å². The molecule has 2 aromatic carbocycles. The highest BCUT2D eigenvalue weighted by atomic mass is 16.2. The Balaban J connectivity index is 1.87. The van der Waals surface area contributed by atoms with Crippen molar-refractivity contribution in [3.8, 4) is 0 Å². The molecule has 1 aliphatic heterocycles. The van der Waals surface area contributed by atoms with Crippen LogP contribution in [0.2, 0.25) is 0 Å². The summed E-state index contributed by atoms with van der Waals surface area (Å²) in [6.07, 6.45) is 3.20. The van der Waals surface area contributed by atoms with Gasteiger partial charge in [0.05, 0.1) is 0 Å². The minimum atomic E-state index is -0.357. The summed E-state index contributed by atoms with van der Waals surface area (Å²) in [5.74, 6) is -0.563. The average Bonchev–Trinajstić information content (AvgIpc) is 3.18. The van der Waals surface area contributed by atoms with E-state index >= 15 is 0 Å². The van der Waals surface area contributed by atoms with Crippen LogP contribution in [0.5, 0.6) is 0 Å². The van der Waals surface area contributed by atoms with Crippen LogP contribution >= 0.6 is 0 Å². The lowest BCUT2D eigenvalue weighted by atomic mass is 9.91. The van der Waals surface area contributed by atoms with Crippen molar-refractivity contribution in [1.29, 1.82) is 0 Å². The molecule has 0 saturated carbocycles. The molecule has 0 radical (unpaired) electrons. The topological polar surface area (TPSA) is 79.0 Å². The number of nitrogens with zero attached hydrogens (tertiary/aromatic N) is 3. The van der Waals surface area contributed by atoms with Crippen LogP contribution in [0.25, 0.3) is 10.8 Å². The zero-order valence-electron chi connectivity index (χ0n) is 11.5. The molecule has 1 aromatic heterocycles. The fraction of sp³-hybridized carbons (Fsp3) is 0.125. The summed E-state index contributed by atoms with van der Waals surface area (Å²) in [6, 6.07) is 7.61. The summed E-state index contributed by atoms with van der Waals surface area (Å²) in [4.78, 5) is 30.5. The van der Waals surface area contributed by atoms with E-state index in [2.05, 4.69) is 15.2 Å². The fourth-order valence-corrected chi connectivity index (χ4v) is 3.52. The number of aromatic amines is 1. The molecule has 1 N–H and O–H groups in total. The predicted molar refractivity (Wildman–Crippen MR) is 78.9 cm³/mol. The Bertz CT molecular complexity index is 917. The van der Waals surface area contributed by atoms with Crippen LogP contribution in [0.3, 0.4) is 0 Å². The number of amides is 2. The maximum atomic E-state index is 12.8. The molecule has 2 heterocycles. The summed E-state index contributed by atoms with van der Waals surface area (Å²) in [6.45, 7) is 0. The van der Waals surface area contributed by atoms with Crippen LogP contribution in [0.1, 0.15) is 31.8 Å². The Kier molecular flexibility index (Phi) is 2.00. The van der Waals surface area contributed by atoms with Gasteiger partial charge in [0, 0.05) is 16.5 Å². The number of hydrogen-bond donors (Lipinski definition) is 1. The molecule has 0 atom stereocenters. The maximum Gasteiger partial charge on any atom is 0.268 e. The smallest absolute Gasteiger partial charge is 0.268 e. The van der Waals surface area contributed by atoms with E-state index in [1.54, 1.807) is 0 Å². The molecule has 0 unspecified atom stereocenters. The molecule has 6 heteroatoms. The Morgan fingerprint density at radius 3 is 2.09 bits per heavy atom. The van der Waals surface area contributed by atoms with Gasteiger partial charge in [-0.15, -0.1) is 0 Å². The van der Waals surface area contributed by atoms with Crippen molar-refractivity contribution in [3.63, 3.8) is 0 Å². The number of carbonyl (C=O) groups excluding carboxylic acids is 2. The second-order valence-corrected chi connectivity index (χ2v) is 5.55. The molecule has 0 saturated heterocycles. The lowest BCUT2D eigenvalue weighted by molar-refractivity contribution is 0.0891. The van der Waals surface area contributed by atoms with Gasteiger partial charge in [-0.3, -0.25) is 9.59 Å². The highest BCUT2D eigenvalue weighted by Crippen LogP contribution is 2.38. The number of rotatable bonds is 1. The SMILES string of the molecule is O=C1c2ccc3c4c(ccc(c24)C(=O)N1c1ncn[nH]1)CC3. The number of hydrogen-bond acceptors (Lipinski definition) is 4. The Morgan fingerprint density at radius 1 is 0.909 bits per heavy atom. The standard InChI is InChI=1S/C16H10N4O2/c21-14-10-5-3-8-1-2-9-4-6-11(13(10)12(8)9)15(22)20(14)16-17-7-18-19-16/h3-7H,1-2H2,(H,17,18,19). The van der Waals surface area contributed by atoms with Gasteiger partial charge in [-0.25, -0.2) is 10.00 Å². The van der Waals surface area contributed by atoms with Crippen molar-refractivity contribution in [2.24, 2.45) is 0 Å². The van der Waals surface area contributed by atoms with Crippen LogP contribution in [0, 0.1) is 0 Å². The largest absolute Gasteiger partial charge is 0.268 e. The number of anilines is 1. The van der Waals surface area contributed by atoms with E-state index in [4.69, 9.17) is 0 Å². The van der Waals surface area contributed by atoms with Crippen LogP contribution in [0.4, 0.5) is 5.95 Å². The van der Waals surface area contributed by atoms with Gasteiger partial charge in [0.15, 0.2) is 0 Å². The summed E-state index contributed by atoms with van der Waals surface area (Å²) in [7, 11) is 0. The van der Waals surface area contributed by atoms with Gasteiger partial charge in [-0.2, -0.15) is 10.1 Å². The first kappa shape index (κ1) is 11.6. The first-order chi connectivity index (χ1) is 10.8. The maximum absolute atomic E-state index is 12.8. The van der Waals surface area contributed by atoms with Gasteiger partial charge in [0.25, 0.3) is 11.8 Å². The summed E-state index contributed by atoms with van der Waals surface area (Å²) < 4.78 is 0. The van der Waals surface area contributed by atoms with Gasteiger partial charge in [0.1, 0.15) is 6.33 Å². The predicted octanol–water partition coefficient (Wildman–Crippen LogP) is 1.86. The Labute approximate surface area is 124 Å². The lowest BCUT2D eigenvalue weighted by Gasteiger charge is -2.25. The van der Waals surface area contributed by atoms with Crippen molar-refractivity contribution < 1.29 is 9.59 Å². The molecule has 106 valence electrons. The van der Waals surface area contributed by atoms with Crippen molar-refractivity contribution in [3.05, 3.63) is 52.8 Å². The lowest BCUT2D eigenvalue weighted by Crippen LogP contribution is -2.41. The second kappa shape index (κ2) is 3.79. The third-order valence-corrected chi connectivity index (χ3v) is 4.48. The number of aromatic nitrogens is 3. The fourth-order valence-electron chi connectivity index (χ4n) is 3.52. The van der Waals surface area contributed by atoms with E-state index in [1.165, 1.54) is 17.5 Å². The van der Waals surface area contributed by atoms with Crippen LogP contribution in [-0.4, -0.2) is 27.0 Å². The number of benzene rings is 2. The zero-order chi connectivity index (χ0) is 14.8. The van der Waals surface area contributed by atoms with E-state index < -0.39 is 0 Å². The minimum absolute atomic E-state index is 0.150. The minimum Gasteiger partial charge on any atom is -0.268 e. The van der Waals surface area contributed by atoms with Crippen LogP contribution < -0.4 is 4.90 Å². The summed E-state index contributed by atoms with van der Waals surface area (Å²) >= 11 is 0. The van der Waals surface area contributed by atoms with Crippen molar-refractivity contribution in [2.75, 3.05) is 4.90 Å². The quantitative estimate of drug-likeness (QED) is 0.694. The zero-order valence-corrected chi connectivity index (χ0v) is 11.5. The van der Waals surface area contributed by atoms with Gasteiger partial charge in [-0.1, -0.05) is 12.1 Å². The highest BCUT2D eigenvalue weighted by molar-refractivity contribution is 6.35. The monoisotopic (exact) mass is 290 g/mol. The van der Waals surface area contributed by atoms with Gasteiger partial charge in [-0.05, 0) is 41.5 Å². The van der Waals surface area contributed by atoms with Gasteiger partial charge >= 0.3 is 0 Å². The summed E-state index contributed by atoms with van der Waals surface area (Å²) in [5.41, 5.74) is 3.52. The first-order valence-electron chi connectivity index (χ1n) is 7.07. The van der Waals surface area contributed by atoms with E-state index in [0.29, 0.717) is 11.1 Å². The molecule has 5 rings (SSSR count). The molecule has 22 heavy (non-hydrogen) atoms. The normalized spacial score (nSPS) is 15.9. The molecule has 2 aliphatic rings. The Morgan fingerprint density at radius 2 is 1.55 bits per heavy atom. The summed E-state index contributed by atoms with van der Waals surface area (Å²) in [5, 5.41) is 8.18. The number of H-pyrrole nitrogens is 1. The molecule has 1 aliphatic carbocycles. The number of aryl methyl sites for hydroxylation is 2. The van der Waals surface area contributed by atoms with Gasteiger partial charge in [0.2, 0.25) is 5.95 Å². The molecular formula is C16H10N4O2. The number of nitrogens with one attached hydrogen (secondary N) is 1. The molecule has 2 amide bonds. The third-order valence-electron chi connectivity index (χ3n) is 4.48. The molecule has 0 bridgehead atoms. The number of imide groups is 1. The van der Waals surface area contributed by atoms with Crippen molar-refractivity contribution in [1.82, 2.24) is 15.2 Å². The van der Waals surface area contributed by atoms with Crippen molar-refractivity contribution >= 4 is 28.5 Å². The molecular weight excluding hydrogens is 280 g/mol. The highest BCUT2D eigenvalue weighted by Gasteiger charge is 2.37. The Hall–Kier alpha value is -3.02. The molecule has 3 aromatic rings. The van der Waals surface area contributed by atoms with E-state index in [9.17, 15) is 9.59 Å². The number of carbonyl (C=O) groups is 2. The van der Waals surface area contributed by atoms with Crippen LogP contribution in [-0.2, 0) is 12.8 Å². The van der Waals surface area contributed by atoms with E-state index in [1.807, 2.05) is 24.3 Å². The average molecular weight is 290 g/mol. The van der Waals surface area contributed by atoms with E-state index in [0.717, 1.165) is 28.5 Å². The van der Waals surface area contributed by atoms with Gasteiger partial charge < -0.3 is 0 Å². The third kappa shape index (κ3) is 1.25. The first-order valence-corrected chi connectivity index (χ1v) is 7.07. The second-order valence-electron chi connectivity index (χ2n) is 5.55. The molecule has 0 spiro atoms. The van der Waals surface area contributed by atoms with Crippen LogP contribution in [0.15, 0.2) is 30.6 Å².